The highest BCUT2D eigenvalue weighted by Gasteiger charge is 2.13. The largest absolute Gasteiger partial charge is 0.372 e. The van der Waals surface area contributed by atoms with Gasteiger partial charge in [0.15, 0.2) is 0 Å². The molecule has 0 spiro atoms. The molecule has 2 heterocycles. The van der Waals surface area contributed by atoms with Gasteiger partial charge in [-0.2, -0.15) is 0 Å². The Balaban J connectivity index is 2.17. The number of halogens is 1. The van der Waals surface area contributed by atoms with Gasteiger partial charge in [-0.15, -0.1) is 0 Å². The molecular weight excluding hydrogens is 327 g/mol. The van der Waals surface area contributed by atoms with E-state index in [0.717, 1.165) is 27.6 Å². The fourth-order valence-corrected chi connectivity index (χ4v) is 2.80. The van der Waals surface area contributed by atoms with Gasteiger partial charge in [0.25, 0.3) is 0 Å². The molecule has 1 fully saturated rings. The quantitative estimate of drug-likeness (QED) is 0.811. The van der Waals surface area contributed by atoms with E-state index in [9.17, 15) is 4.79 Å². The van der Waals surface area contributed by atoms with Crippen LogP contribution in [0.2, 0.25) is 0 Å². The van der Waals surface area contributed by atoms with Gasteiger partial charge >= 0.3 is 0 Å². The maximum atomic E-state index is 12.0. The predicted molar refractivity (Wildman–Crippen MR) is 78.7 cm³/mol. The highest BCUT2D eigenvalue weighted by Crippen LogP contribution is 2.23. The lowest BCUT2D eigenvalue weighted by Gasteiger charge is -2.17. The maximum Gasteiger partial charge on any atom is 0.202 e. The summed E-state index contributed by atoms with van der Waals surface area (Å²) in [5.41, 5.74) is 2.21. The molecule has 4 heteroatoms. The van der Waals surface area contributed by atoms with Gasteiger partial charge in [-0.05, 0) is 53.6 Å². The van der Waals surface area contributed by atoms with Crippen LogP contribution in [0.4, 0.5) is 5.69 Å². The number of pyridine rings is 1. The molecule has 17 heavy (non-hydrogen) atoms. The number of nitrogens with one attached hydrogen (secondary N) is 1. The SMILES string of the molecule is O=c1c(I)c[nH]c2ccc(N3CCCC3)cc12. The van der Waals surface area contributed by atoms with E-state index >= 15 is 0 Å². The first-order valence-corrected chi connectivity index (χ1v) is 6.89. The standard InChI is InChI=1S/C13H13IN2O/c14-11-8-15-12-4-3-9(7-10(12)13(11)17)16-5-1-2-6-16/h3-4,7-8H,1-2,5-6H2,(H,15,17). The summed E-state index contributed by atoms with van der Waals surface area (Å²) in [4.78, 5) is 17.5. The Kier molecular flexibility index (Phi) is 2.82. The predicted octanol–water partition coefficient (Wildman–Crippen LogP) is 2.73. The molecule has 1 N–H and O–H groups in total. The summed E-state index contributed by atoms with van der Waals surface area (Å²) in [6, 6.07) is 6.11. The second-order valence-corrected chi connectivity index (χ2v) is 5.55. The first-order chi connectivity index (χ1) is 8.25. The zero-order valence-electron chi connectivity index (χ0n) is 9.37. The first-order valence-electron chi connectivity index (χ1n) is 5.81. The zero-order valence-corrected chi connectivity index (χ0v) is 11.5. The molecule has 0 amide bonds. The fraction of sp³-hybridized carbons (Fsp3) is 0.308. The monoisotopic (exact) mass is 340 g/mol. The highest BCUT2D eigenvalue weighted by molar-refractivity contribution is 14.1. The van der Waals surface area contributed by atoms with Gasteiger partial charge in [0.2, 0.25) is 5.43 Å². The van der Waals surface area contributed by atoms with Crippen molar-refractivity contribution in [3.05, 3.63) is 38.2 Å². The lowest BCUT2D eigenvalue weighted by Crippen LogP contribution is -2.18. The molecule has 0 radical (unpaired) electrons. The van der Waals surface area contributed by atoms with Crippen LogP contribution in [0.15, 0.2) is 29.2 Å². The van der Waals surface area contributed by atoms with E-state index in [1.807, 2.05) is 12.1 Å². The summed E-state index contributed by atoms with van der Waals surface area (Å²) < 4.78 is 0.744. The number of fused-ring (bicyclic) bond motifs is 1. The van der Waals surface area contributed by atoms with Gasteiger partial charge in [-0.25, -0.2) is 0 Å². The number of benzene rings is 1. The Bertz CT molecular complexity index is 614. The van der Waals surface area contributed by atoms with Crippen molar-refractivity contribution in [3.63, 3.8) is 0 Å². The van der Waals surface area contributed by atoms with Crippen molar-refractivity contribution in [3.8, 4) is 0 Å². The summed E-state index contributed by atoms with van der Waals surface area (Å²) in [6.07, 6.45) is 4.27. The molecule has 3 rings (SSSR count). The number of hydrogen-bond donors (Lipinski definition) is 1. The molecule has 1 aromatic heterocycles. The second kappa shape index (κ2) is 4.33. The smallest absolute Gasteiger partial charge is 0.202 e. The summed E-state index contributed by atoms with van der Waals surface area (Å²) in [5, 5.41) is 0.793. The molecule has 0 atom stereocenters. The van der Waals surface area contributed by atoms with E-state index in [4.69, 9.17) is 0 Å². The molecule has 0 unspecified atom stereocenters. The number of aromatic nitrogens is 1. The Morgan fingerprint density at radius 2 is 2.00 bits per heavy atom. The van der Waals surface area contributed by atoms with Gasteiger partial charge in [-0.3, -0.25) is 4.79 Å². The highest BCUT2D eigenvalue weighted by atomic mass is 127. The third kappa shape index (κ3) is 1.94. The van der Waals surface area contributed by atoms with Crippen LogP contribution in [0.25, 0.3) is 10.9 Å². The third-order valence-corrected chi connectivity index (χ3v) is 4.09. The van der Waals surface area contributed by atoms with Crippen molar-refractivity contribution < 1.29 is 0 Å². The van der Waals surface area contributed by atoms with Crippen molar-refractivity contribution >= 4 is 39.2 Å². The Morgan fingerprint density at radius 3 is 2.76 bits per heavy atom. The van der Waals surface area contributed by atoms with E-state index in [2.05, 4.69) is 38.5 Å². The lowest BCUT2D eigenvalue weighted by molar-refractivity contribution is 0.949. The second-order valence-electron chi connectivity index (χ2n) is 4.39. The average molecular weight is 340 g/mol. The van der Waals surface area contributed by atoms with E-state index < -0.39 is 0 Å². The van der Waals surface area contributed by atoms with Gasteiger partial charge in [0.1, 0.15) is 0 Å². The van der Waals surface area contributed by atoms with E-state index in [0.29, 0.717) is 0 Å². The number of anilines is 1. The normalized spacial score (nSPS) is 15.7. The van der Waals surface area contributed by atoms with Crippen LogP contribution in [-0.2, 0) is 0 Å². The van der Waals surface area contributed by atoms with Crippen LogP contribution in [0.1, 0.15) is 12.8 Å². The number of aromatic amines is 1. The summed E-state index contributed by atoms with van der Waals surface area (Å²) >= 11 is 2.08. The number of H-pyrrole nitrogens is 1. The topological polar surface area (TPSA) is 36.1 Å². The summed E-state index contributed by atoms with van der Waals surface area (Å²) in [7, 11) is 0. The summed E-state index contributed by atoms with van der Waals surface area (Å²) in [5.74, 6) is 0. The van der Waals surface area contributed by atoms with Crippen molar-refractivity contribution in [2.75, 3.05) is 18.0 Å². The van der Waals surface area contributed by atoms with Gasteiger partial charge in [-0.1, -0.05) is 0 Å². The maximum absolute atomic E-state index is 12.0. The minimum Gasteiger partial charge on any atom is -0.372 e. The van der Waals surface area contributed by atoms with Crippen molar-refractivity contribution in [2.45, 2.75) is 12.8 Å². The molecule has 1 aliphatic rings. The number of hydrogen-bond acceptors (Lipinski definition) is 2. The van der Waals surface area contributed by atoms with Crippen LogP contribution < -0.4 is 10.3 Å². The van der Waals surface area contributed by atoms with Crippen molar-refractivity contribution in [1.29, 1.82) is 0 Å². The molecule has 0 saturated carbocycles. The van der Waals surface area contributed by atoms with E-state index in [1.54, 1.807) is 6.20 Å². The molecule has 0 aliphatic carbocycles. The van der Waals surface area contributed by atoms with Crippen molar-refractivity contribution in [1.82, 2.24) is 4.98 Å². The van der Waals surface area contributed by atoms with Crippen LogP contribution in [0, 0.1) is 3.57 Å². The first kappa shape index (κ1) is 11.1. The Labute approximate surface area is 113 Å². The summed E-state index contributed by atoms with van der Waals surface area (Å²) in [6.45, 7) is 2.21. The Hall–Kier alpha value is -1.04. The van der Waals surface area contributed by atoms with Crippen LogP contribution >= 0.6 is 22.6 Å². The molecule has 0 bridgehead atoms. The average Bonchev–Trinajstić information content (AvgIpc) is 2.87. The van der Waals surface area contributed by atoms with Gasteiger partial charge in [0.05, 0.1) is 3.57 Å². The fourth-order valence-electron chi connectivity index (χ4n) is 2.35. The molecule has 1 aliphatic heterocycles. The van der Waals surface area contributed by atoms with Crippen LogP contribution in [0.3, 0.4) is 0 Å². The van der Waals surface area contributed by atoms with Crippen LogP contribution in [-0.4, -0.2) is 18.1 Å². The number of nitrogens with zero attached hydrogens (tertiary/aromatic N) is 1. The van der Waals surface area contributed by atoms with Crippen LogP contribution in [0.5, 0.6) is 0 Å². The minimum atomic E-state index is 0.125. The van der Waals surface area contributed by atoms with Gasteiger partial charge < -0.3 is 9.88 Å². The number of rotatable bonds is 1. The minimum absolute atomic E-state index is 0.125. The molecule has 88 valence electrons. The van der Waals surface area contributed by atoms with Gasteiger partial charge in [0, 0.05) is 35.9 Å². The molecule has 2 aromatic rings. The zero-order chi connectivity index (χ0) is 11.8. The molecule has 1 aromatic carbocycles. The molecule has 1 saturated heterocycles. The third-order valence-electron chi connectivity index (χ3n) is 3.29. The van der Waals surface area contributed by atoms with E-state index in [1.165, 1.54) is 18.5 Å². The van der Waals surface area contributed by atoms with Crippen molar-refractivity contribution in [2.24, 2.45) is 0 Å². The van der Waals surface area contributed by atoms with E-state index in [-0.39, 0.29) is 5.43 Å². The molecule has 3 nitrogen and oxygen atoms in total. The Morgan fingerprint density at radius 1 is 1.24 bits per heavy atom. The molecular formula is C13H13IN2O. The lowest BCUT2D eigenvalue weighted by atomic mass is 10.2.